The number of ether oxygens (including phenoxy) is 1. The van der Waals surface area contributed by atoms with E-state index in [0.29, 0.717) is 16.6 Å². The van der Waals surface area contributed by atoms with Crippen molar-refractivity contribution in [1.82, 2.24) is 4.40 Å². The first-order valence-corrected chi connectivity index (χ1v) is 9.16. The first kappa shape index (κ1) is 17.7. The smallest absolute Gasteiger partial charge is 0.340 e. The van der Waals surface area contributed by atoms with Gasteiger partial charge in [0.05, 0.1) is 17.7 Å². The second kappa shape index (κ2) is 7.53. The Morgan fingerprint density at radius 3 is 2.21 bits per heavy atom. The van der Waals surface area contributed by atoms with Crippen LogP contribution < -0.4 is 5.56 Å². The molecule has 0 fully saturated rings. The molecule has 4 rings (SSSR count). The highest BCUT2D eigenvalue weighted by Crippen LogP contribution is 2.29. The van der Waals surface area contributed by atoms with Gasteiger partial charge in [-0.1, -0.05) is 60.7 Å². The molecule has 0 aliphatic heterocycles. The molecule has 0 spiro atoms. The summed E-state index contributed by atoms with van der Waals surface area (Å²) in [5, 5.41) is 0. The van der Waals surface area contributed by atoms with Crippen molar-refractivity contribution in [3.05, 3.63) is 101 Å². The lowest BCUT2D eigenvalue weighted by Gasteiger charge is -2.13. The van der Waals surface area contributed by atoms with Gasteiger partial charge in [0.15, 0.2) is 0 Å². The Morgan fingerprint density at radius 1 is 0.857 bits per heavy atom. The summed E-state index contributed by atoms with van der Waals surface area (Å²) in [7, 11) is 0. The summed E-state index contributed by atoms with van der Waals surface area (Å²) >= 11 is 0. The number of pyridine rings is 2. The Hall–Kier alpha value is -3.66. The number of carbonyl (C=O) groups is 1. The molecule has 0 bridgehead atoms. The molecule has 138 valence electrons. The molecular formula is C24H19NO3. The fraction of sp³-hybridized carbons (Fsp3) is 0.0833. The van der Waals surface area contributed by atoms with Crippen LogP contribution >= 0.6 is 0 Å². The van der Waals surface area contributed by atoms with Crippen molar-refractivity contribution in [3.63, 3.8) is 0 Å². The quantitative estimate of drug-likeness (QED) is 0.485. The second-order valence-corrected chi connectivity index (χ2v) is 6.39. The van der Waals surface area contributed by atoms with Crippen molar-refractivity contribution >= 4 is 11.5 Å². The third kappa shape index (κ3) is 3.21. The number of hydrogen-bond donors (Lipinski definition) is 0. The van der Waals surface area contributed by atoms with Crippen LogP contribution in [0.1, 0.15) is 17.3 Å². The summed E-state index contributed by atoms with van der Waals surface area (Å²) < 4.78 is 6.74. The Bertz CT molecular complexity index is 1190. The first-order valence-electron chi connectivity index (χ1n) is 9.16. The minimum atomic E-state index is -0.437. The molecule has 0 N–H and O–H groups in total. The molecule has 2 aromatic carbocycles. The van der Waals surface area contributed by atoms with Crippen LogP contribution in [0.25, 0.3) is 27.8 Å². The molecule has 0 aliphatic rings. The van der Waals surface area contributed by atoms with Crippen LogP contribution in [-0.4, -0.2) is 17.0 Å². The number of fused-ring (bicyclic) bond motifs is 1. The summed E-state index contributed by atoms with van der Waals surface area (Å²) in [5.41, 5.74) is 4.30. The number of nitrogens with zero attached hydrogens (tertiary/aromatic N) is 1. The van der Waals surface area contributed by atoms with E-state index in [1.54, 1.807) is 31.3 Å². The van der Waals surface area contributed by atoms with Crippen LogP contribution in [0.3, 0.4) is 0 Å². The fourth-order valence-electron chi connectivity index (χ4n) is 3.36. The number of carbonyl (C=O) groups excluding carboxylic acids is 1. The van der Waals surface area contributed by atoms with E-state index in [1.807, 2.05) is 54.6 Å². The Kier molecular flexibility index (Phi) is 4.77. The van der Waals surface area contributed by atoms with Gasteiger partial charge in [-0.15, -0.1) is 0 Å². The number of esters is 1. The van der Waals surface area contributed by atoms with Crippen LogP contribution in [0, 0.1) is 0 Å². The van der Waals surface area contributed by atoms with Gasteiger partial charge in [-0.3, -0.25) is 9.20 Å². The third-order valence-corrected chi connectivity index (χ3v) is 4.67. The second-order valence-electron chi connectivity index (χ2n) is 6.39. The molecule has 0 amide bonds. The summed E-state index contributed by atoms with van der Waals surface area (Å²) in [5.74, 6) is -0.437. The van der Waals surface area contributed by atoms with Crippen molar-refractivity contribution in [2.75, 3.05) is 6.61 Å². The number of benzene rings is 2. The normalized spacial score (nSPS) is 10.8. The summed E-state index contributed by atoms with van der Waals surface area (Å²) in [6, 6.07) is 24.7. The SMILES string of the molecule is CCOC(=O)c1c(-c2ccc(-c3ccccc3)cc2)cc(=O)n2ccccc12. The topological polar surface area (TPSA) is 47.8 Å². The number of aromatic nitrogens is 1. The van der Waals surface area contributed by atoms with E-state index in [1.165, 1.54) is 10.5 Å². The molecule has 0 saturated heterocycles. The zero-order valence-corrected chi connectivity index (χ0v) is 15.5. The highest BCUT2D eigenvalue weighted by molar-refractivity contribution is 6.04. The highest BCUT2D eigenvalue weighted by Gasteiger charge is 2.19. The van der Waals surface area contributed by atoms with Gasteiger partial charge in [-0.05, 0) is 35.7 Å². The maximum atomic E-state index is 12.7. The molecule has 0 unspecified atom stereocenters. The molecule has 0 radical (unpaired) electrons. The van der Waals surface area contributed by atoms with Crippen LogP contribution in [0.4, 0.5) is 0 Å². The highest BCUT2D eigenvalue weighted by atomic mass is 16.5. The van der Waals surface area contributed by atoms with Crippen molar-refractivity contribution in [1.29, 1.82) is 0 Å². The predicted molar refractivity (Wildman–Crippen MR) is 110 cm³/mol. The van der Waals surface area contributed by atoms with Crippen LogP contribution in [0.5, 0.6) is 0 Å². The van der Waals surface area contributed by atoms with Gasteiger partial charge in [0.1, 0.15) is 0 Å². The van der Waals surface area contributed by atoms with E-state index in [0.717, 1.165) is 16.7 Å². The summed E-state index contributed by atoms with van der Waals surface area (Å²) in [4.78, 5) is 25.3. The van der Waals surface area contributed by atoms with Crippen molar-refractivity contribution in [3.8, 4) is 22.3 Å². The predicted octanol–water partition coefficient (Wildman–Crippen LogP) is 4.81. The molecular weight excluding hydrogens is 350 g/mol. The molecule has 4 nitrogen and oxygen atoms in total. The van der Waals surface area contributed by atoms with Crippen LogP contribution in [0.15, 0.2) is 89.9 Å². The van der Waals surface area contributed by atoms with E-state index < -0.39 is 5.97 Å². The van der Waals surface area contributed by atoms with E-state index in [-0.39, 0.29) is 12.2 Å². The lowest BCUT2D eigenvalue weighted by atomic mass is 9.97. The van der Waals surface area contributed by atoms with Gasteiger partial charge < -0.3 is 4.74 Å². The zero-order chi connectivity index (χ0) is 19.5. The van der Waals surface area contributed by atoms with Gasteiger partial charge in [0.25, 0.3) is 5.56 Å². The lowest BCUT2D eigenvalue weighted by Crippen LogP contribution is -2.18. The molecule has 4 aromatic rings. The van der Waals surface area contributed by atoms with E-state index in [9.17, 15) is 9.59 Å². The third-order valence-electron chi connectivity index (χ3n) is 4.67. The van der Waals surface area contributed by atoms with Gasteiger partial charge in [0, 0.05) is 17.8 Å². The van der Waals surface area contributed by atoms with E-state index >= 15 is 0 Å². The van der Waals surface area contributed by atoms with Crippen molar-refractivity contribution < 1.29 is 9.53 Å². The van der Waals surface area contributed by atoms with E-state index in [2.05, 4.69) is 0 Å². The largest absolute Gasteiger partial charge is 0.462 e. The summed E-state index contributed by atoms with van der Waals surface area (Å²) in [6.07, 6.45) is 1.66. The Morgan fingerprint density at radius 2 is 1.50 bits per heavy atom. The lowest BCUT2D eigenvalue weighted by molar-refractivity contribution is 0.0529. The Labute approximate surface area is 162 Å². The number of rotatable bonds is 4. The molecule has 2 heterocycles. The molecule has 0 aliphatic carbocycles. The van der Waals surface area contributed by atoms with Crippen molar-refractivity contribution in [2.45, 2.75) is 6.92 Å². The molecule has 0 saturated carbocycles. The molecule has 2 aromatic heterocycles. The van der Waals surface area contributed by atoms with Gasteiger partial charge >= 0.3 is 5.97 Å². The zero-order valence-electron chi connectivity index (χ0n) is 15.5. The van der Waals surface area contributed by atoms with Crippen LogP contribution in [-0.2, 0) is 4.74 Å². The molecule has 28 heavy (non-hydrogen) atoms. The summed E-state index contributed by atoms with van der Waals surface area (Å²) in [6.45, 7) is 2.03. The fourth-order valence-corrected chi connectivity index (χ4v) is 3.36. The Balaban J connectivity index is 1.89. The monoisotopic (exact) mass is 369 g/mol. The number of hydrogen-bond acceptors (Lipinski definition) is 3. The standard InChI is InChI=1S/C24H19NO3/c1-2-28-24(27)23-20(16-22(26)25-15-7-6-10-21(23)25)19-13-11-18(12-14-19)17-8-4-3-5-9-17/h3-16H,2H2,1H3. The minimum Gasteiger partial charge on any atom is -0.462 e. The van der Waals surface area contributed by atoms with Crippen LogP contribution in [0.2, 0.25) is 0 Å². The van der Waals surface area contributed by atoms with Gasteiger partial charge in [0.2, 0.25) is 0 Å². The van der Waals surface area contributed by atoms with Crippen molar-refractivity contribution in [2.24, 2.45) is 0 Å². The van der Waals surface area contributed by atoms with Gasteiger partial charge in [-0.25, -0.2) is 4.79 Å². The van der Waals surface area contributed by atoms with E-state index in [4.69, 9.17) is 4.74 Å². The average molecular weight is 369 g/mol. The molecule has 4 heteroatoms. The maximum absolute atomic E-state index is 12.7. The maximum Gasteiger partial charge on any atom is 0.340 e. The molecule has 0 atom stereocenters. The van der Waals surface area contributed by atoms with Gasteiger partial charge in [-0.2, -0.15) is 0 Å². The minimum absolute atomic E-state index is 0.189. The first-order chi connectivity index (χ1) is 13.7. The average Bonchev–Trinajstić information content (AvgIpc) is 2.74.